The lowest BCUT2D eigenvalue weighted by molar-refractivity contribution is -0.130. The van der Waals surface area contributed by atoms with Crippen molar-refractivity contribution in [2.75, 3.05) is 41.8 Å². The second kappa shape index (κ2) is 10.9. The Bertz CT molecular complexity index is 1030. The van der Waals surface area contributed by atoms with E-state index >= 15 is 0 Å². The van der Waals surface area contributed by atoms with E-state index in [4.69, 9.17) is 9.72 Å². The number of hydrogen-bond acceptors (Lipinski definition) is 6. The fourth-order valence-electron chi connectivity index (χ4n) is 7.01. The van der Waals surface area contributed by atoms with Crippen LogP contribution in [-0.2, 0) is 15.2 Å². The van der Waals surface area contributed by atoms with Crippen molar-refractivity contribution >= 4 is 23.1 Å². The number of pyridine rings is 1. The van der Waals surface area contributed by atoms with E-state index in [1.54, 1.807) is 0 Å². The molecule has 0 spiro atoms. The van der Waals surface area contributed by atoms with Gasteiger partial charge >= 0.3 is 0 Å². The number of para-hydroxylation sites is 2. The number of benzene rings is 1. The topological polar surface area (TPSA) is 78.5 Å². The van der Waals surface area contributed by atoms with Crippen molar-refractivity contribution in [1.82, 2.24) is 10.3 Å². The number of amides is 1. The Kier molecular flexibility index (Phi) is 7.23. The number of nitrogens with one attached hydrogen (secondary N) is 3. The average molecular weight is 504 g/mol. The van der Waals surface area contributed by atoms with Crippen LogP contribution < -0.4 is 20.9 Å². The van der Waals surface area contributed by atoms with Crippen LogP contribution in [0.4, 0.5) is 17.2 Å². The number of carbonyl (C=O) groups excluding carboxylic acids is 1. The summed E-state index contributed by atoms with van der Waals surface area (Å²) in [6.45, 7) is 3.18. The number of aromatic nitrogens is 1. The Balaban J connectivity index is 1.37. The smallest absolute Gasteiger partial charge is 0.228 e. The van der Waals surface area contributed by atoms with Gasteiger partial charge in [-0.3, -0.25) is 4.79 Å². The molecule has 0 bridgehead atoms. The van der Waals surface area contributed by atoms with Gasteiger partial charge in [-0.15, -0.1) is 0 Å². The Labute approximate surface area is 220 Å². The van der Waals surface area contributed by atoms with E-state index in [0.717, 1.165) is 74.7 Å². The number of fused-ring (bicyclic) bond motifs is 1. The van der Waals surface area contributed by atoms with Crippen LogP contribution in [0.5, 0.6) is 0 Å². The van der Waals surface area contributed by atoms with E-state index < -0.39 is 5.66 Å². The molecule has 2 aliphatic heterocycles. The summed E-state index contributed by atoms with van der Waals surface area (Å²) in [5.41, 5.74) is 2.38. The largest absolute Gasteiger partial charge is 0.378 e. The van der Waals surface area contributed by atoms with Gasteiger partial charge in [0.2, 0.25) is 5.91 Å². The van der Waals surface area contributed by atoms with Gasteiger partial charge in [0.25, 0.3) is 0 Å². The molecule has 1 amide bonds. The van der Waals surface area contributed by atoms with Gasteiger partial charge in [0.15, 0.2) is 0 Å². The van der Waals surface area contributed by atoms with Gasteiger partial charge in [-0.2, -0.15) is 0 Å². The van der Waals surface area contributed by atoms with Gasteiger partial charge in [-0.1, -0.05) is 50.7 Å². The molecule has 3 heterocycles. The molecule has 1 saturated heterocycles. The van der Waals surface area contributed by atoms with Crippen molar-refractivity contribution in [3.05, 3.63) is 48.2 Å². The molecule has 2 aliphatic carbocycles. The molecule has 3 N–H and O–H groups in total. The fourth-order valence-corrected chi connectivity index (χ4v) is 7.01. The Morgan fingerprint density at radius 2 is 1.57 bits per heavy atom. The van der Waals surface area contributed by atoms with Gasteiger partial charge in [0.05, 0.1) is 30.5 Å². The summed E-state index contributed by atoms with van der Waals surface area (Å²) in [5, 5.41) is 11.2. The number of morpholine rings is 1. The maximum absolute atomic E-state index is 14.3. The van der Waals surface area contributed by atoms with Crippen molar-refractivity contribution in [3.8, 4) is 0 Å². The van der Waals surface area contributed by atoms with Crippen molar-refractivity contribution in [1.29, 1.82) is 0 Å². The van der Waals surface area contributed by atoms with E-state index in [9.17, 15) is 4.79 Å². The highest BCUT2D eigenvalue weighted by molar-refractivity contribution is 5.86. The van der Waals surface area contributed by atoms with E-state index in [-0.39, 0.29) is 17.9 Å². The predicted molar refractivity (Wildman–Crippen MR) is 148 cm³/mol. The lowest BCUT2D eigenvalue weighted by Crippen LogP contribution is -2.57. The summed E-state index contributed by atoms with van der Waals surface area (Å²) < 4.78 is 5.53. The van der Waals surface area contributed by atoms with Crippen LogP contribution in [0, 0.1) is 11.8 Å². The number of ether oxygens (including phenoxy) is 1. The van der Waals surface area contributed by atoms with Crippen LogP contribution >= 0.6 is 0 Å². The molecule has 1 atom stereocenters. The van der Waals surface area contributed by atoms with Crippen molar-refractivity contribution in [2.45, 2.75) is 75.9 Å². The van der Waals surface area contributed by atoms with Crippen LogP contribution in [0.15, 0.2) is 42.6 Å². The van der Waals surface area contributed by atoms with Crippen LogP contribution in [0.3, 0.4) is 0 Å². The summed E-state index contributed by atoms with van der Waals surface area (Å²) in [6, 6.07) is 12.9. The highest BCUT2D eigenvalue weighted by atomic mass is 16.5. The van der Waals surface area contributed by atoms with E-state index in [1.807, 2.05) is 6.20 Å². The molecule has 1 aromatic heterocycles. The molecule has 1 aromatic carbocycles. The van der Waals surface area contributed by atoms with E-state index in [0.29, 0.717) is 5.92 Å². The molecule has 6 rings (SSSR count). The van der Waals surface area contributed by atoms with E-state index in [2.05, 4.69) is 57.2 Å². The Hall–Kier alpha value is -2.80. The quantitative estimate of drug-likeness (QED) is 0.500. The van der Waals surface area contributed by atoms with Gasteiger partial charge in [-0.25, -0.2) is 4.98 Å². The van der Waals surface area contributed by atoms with Crippen molar-refractivity contribution in [3.63, 3.8) is 0 Å². The molecule has 1 unspecified atom stereocenters. The third kappa shape index (κ3) is 5.02. The second-order valence-corrected chi connectivity index (χ2v) is 11.3. The molecular weight excluding hydrogens is 462 g/mol. The number of carbonyl (C=O) groups is 1. The van der Waals surface area contributed by atoms with Crippen LogP contribution in [0.1, 0.15) is 69.8 Å². The van der Waals surface area contributed by atoms with Crippen LogP contribution in [0.25, 0.3) is 0 Å². The van der Waals surface area contributed by atoms with Gasteiger partial charge in [0, 0.05) is 30.9 Å². The van der Waals surface area contributed by atoms with Gasteiger partial charge in [0.1, 0.15) is 11.5 Å². The van der Waals surface area contributed by atoms with Crippen molar-refractivity contribution in [2.24, 2.45) is 11.8 Å². The fraction of sp³-hybridized carbons (Fsp3) is 0.600. The number of anilines is 3. The monoisotopic (exact) mass is 503 g/mol. The normalized spacial score (nSPS) is 23.0. The molecule has 2 aromatic rings. The zero-order valence-electron chi connectivity index (χ0n) is 21.9. The molecular formula is C30H41N5O2. The lowest BCUT2D eigenvalue weighted by Gasteiger charge is -2.44. The molecule has 7 heteroatoms. The summed E-state index contributed by atoms with van der Waals surface area (Å²) >= 11 is 0. The molecule has 4 aliphatic rings. The Morgan fingerprint density at radius 1 is 0.919 bits per heavy atom. The summed E-state index contributed by atoms with van der Waals surface area (Å²) in [4.78, 5) is 21.5. The highest BCUT2D eigenvalue weighted by Crippen LogP contribution is 2.49. The summed E-state index contributed by atoms with van der Waals surface area (Å²) in [6.07, 6.45) is 13.7. The minimum absolute atomic E-state index is 0.184. The van der Waals surface area contributed by atoms with E-state index in [1.165, 1.54) is 38.5 Å². The first kappa shape index (κ1) is 24.5. The second-order valence-electron chi connectivity index (χ2n) is 11.3. The zero-order valence-corrected chi connectivity index (χ0v) is 21.9. The minimum atomic E-state index is -0.735. The third-order valence-electron chi connectivity index (χ3n) is 8.95. The first-order chi connectivity index (χ1) is 18.2. The predicted octanol–water partition coefficient (Wildman–Crippen LogP) is 5.25. The summed E-state index contributed by atoms with van der Waals surface area (Å²) in [5.74, 6) is 1.23. The SMILES string of the molecule is O=C(NC1CCCCC1)C(C1CCCCC1)C1(c2ccc(N3CCOCC3)nc2)Nc2ccccc2N1. The molecule has 198 valence electrons. The molecule has 2 saturated carbocycles. The van der Waals surface area contributed by atoms with Gasteiger partial charge < -0.3 is 25.6 Å². The lowest BCUT2D eigenvalue weighted by atomic mass is 9.71. The zero-order chi connectivity index (χ0) is 25.1. The maximum atomic E-state index is 14.3. The third-order valence-corrected chi connectivity index (χ3v) is 8.95. The maximum Gasteiger partial charge on any atom is 0.228 e. The van der Waals surface area contributed by atoms with Crippen LogP contribution in [0.2, 0.25) is 0 Å². The first-order valence-corrected chi connectivity index (χ1v) is 14.5. The highest BCUT2D eigenvalue weighted by Gasteiger charge is 2.52. The average Bonchev–Trinajstić information content (AvgIpc) is 3.35. The molecule has 37 heavy (non-hydrogen) atoms. The van der Waals surface area contributed by atoms with Crippen molar-refractivity contribution < 1.29 is 9.53 Å². The standard InChI is InChI=1S/C30H41N5O2/c36-29(32-24-11-5-2-6-12-24)28(22-9-3-1-4-10-22)30(33-25-13-7-8-14-26(25)34-30)23-15-16-27(31-21-23)35-17-19-37-20-18-35/h7-8,13-16,21-22,24,28,33-34H,1-6,9-12,17-20H2,(H,32,36). The molecule has 0 radical (unpaired) electrons. The van der Waals surface area contributed by atoms with Crippen LogP contribution in [-0.4, -0.2) is 43.2 Å². The number of rotatable bonds is 6. The van der Waals surface area contributed by atoms with Gasteiger partial charge in [-0.05, 0) is 55.9 Å². The first-order valence-electron chi connectivity index (χ1n) is 14.5. The number of nitrogens with zero attached hydrogens (tertiary/aromatic N) is 2. The number of hydrogen-bond donors (Lipinski definition) is 3. The molecule has 7 nitrogen and oxygen atoms in total. The minimum Gasteiger partial charge on any atom is -0.378 e. The molecule has 3 fully saturated rings. The Morgan fingerprint density at radius 3 is 2.19 bits per heavy atom. The summed E-state index contributed by atoms with van der Waals surface area (Å²) in [7, 11) is 0.